The maximum Gasteiger partial charge on any atom is 0.420 e. The molecule has 6 heteroatoms. The summed E-state index contributed by atoms with van der Waals surface area (Å²) in [6, 6.07) is 14.1. The van der Waals surface area contributed by atoms with Crippen molar-refractivity contribution in [2.75, 3.05) is 23.4 Å². The molecule has 0 aromatic heterocycles. The van der Waals surface area contributed by atoms with Crippen molar-refractivity contribution >= 4 is 23.6 Å². The Kier molecular flexibility index (Phi) is 6.79. The van der Waals surface area contributed by atoms with Crippen molar-refractivity contribution in [3.8, 4) is 5.75 Å². The van der Waals surface area contributed by atoms with E-state index in [4.69, 9.17) is 9.47 Å². The van der Waals surface area contributed by atoms with Gasteiger partial charge in [0.2, 0.25) is 0 Å². The first-order valence-corrected chi connectivity index (χ1v) is 8.25. The number of hydrogen-bond donors (Lipinski definition) is 1. The molecular weight excluding hydrogens is 332 g/mol. The number of para-hydroxylation sites is 1. The SMILES string of the molecule is C=CCN(C(=O)Oc1cccc(NC(=O)OCC)c1)c1ccccc1C. The number of rotatable bonds is 6. The maximum absolute atomic E-state index is 12.6. The van der Waals surface area contributed by atoms with Crippen LogP contribution in [0.25, 0.3) is 0 Å². The predicted octanol–water partition coefficient (Wildman–Crippen LogP) is 4.75. The van der Waals surface area contributed by atoms with Crippen molar-refractivity contribution < 1.29 is 19.1 Å². The van der Waals surface area contributed by atoms with Crippen LogP contribution in [0, 0.1) is 6.92 Å². The summed E-state index contributed by atoms with van der Waals surface area (Å²) in [6.07, 6.45) is 0.531. The Hall–Kier alpha value is -3.28. The molecule has 0 spiro atoms. The second kappa shape index (κ2) is 9.27. The molecule has 0 aliphatic carbocycles. The molecule has 2 aromatic rings. The van der Waals surface area contributed by atoms with Gasteiger partial charge in [-0.15, -0.1) is 6.58 Å². The summed E-state index contributed by atoms with van der Waals surface area (Å²) < 4.78 is 10.3. The molecule has 0 unspecified atom stereocenters. The van der Waals surface area contributed by atoms with Gasteiger partial charge in [-0.1, -0.05) is 30.3 Å². The first-order valence-electron chi connectivity index (χ1n) is 8.25. The maximum atomic E-state index is 12.6. The molecule has 0 aliphatic rings. The summed E-state index contributed by atoms with van der Waals surface area (Å²) in [7, 11) is 0. The van der Waals surface area contributed by atoms with E-state index in [1.165, 1.54) is 4.90 Å². The van der Waals surface area contributed by atoms with Crippen molar-refractivity contribution in [3.63, 3.8) is 0 Å². The Labute approximate surface area is 153 Å². The van der Waals surface area contributed by atoms with Crippen LogP contribution in [0.5, 0.6) is 5.75 Å². The summed E-state index contributed by atoms with van der Waals surface area (Å²) in [5.41, 5.74) is 2.17. The highest BCUT2D eigenvalue weighted by molar-refractivity contribution is 5.90. The lowest BCUT2D eigenvalue weighted by Gasteiger charge is -2.22. The molecule has 2 rings (SSSR count). The van der Waals surface area contributed by atoms with Crippen LogP contribution in [0.4, 0.5) is 21.0 Å². The highest BCUT2D eigenvalue weighted by Gasteiger charge is 2.18. The summed E-state index contributed by atoms with van der Waals surface area (Å²) in [5.74, 6) is 0.312. The predicted molar refractivity (Wildman–Crippen MR) is 102 cm³/mol. The van der Waals surface area contributed by atoms with Crippen LogP contribution < -0.4 is 15.0 Å². The quantitative estimate of drug-likeness (QED) is 0.760. The van der Waals surface area contributed by atoms with E-state index >= 15 is 0 Å². The molecule has 0 fully saturated rings. The van der Waals surface area contributed by atoms with E-state index in [2.05, 4.69) is 11.9 Å². The van der Waals surface area contributed by atoms with Gasteiger partial charge in [-0.3, -0.25) is 10.2 Å². The molecule has 26 heavy (non-hydrogen) atoms. The summed E-state index contributed by atoms with van der Waals surface area (Å²) in [5, 5.41) is 2.57. The molecule has 136 valence electrons. The summed E-state index contributed by atoms with van der Waals surface area (Å²) >= 11 is 0. The van der Waals surface area contributed by atoms with E-state index < -0.39 is 12.2 Å². The fraction of sp³-hybridized carbons (Fsp3) is 0.200. The zero-order valence-corrected chi connectivity index (χ0v) is 14.9. The van der Waals surface area contributed by atoms with Crippen LogP contribution in [0.3, 0.4) is 0 Å². The third-order valence-corrected chi connectivity index (χ3v) is 3.50. The third kappa shape index (κ3) is 5.11. The third-order valence-electron chi connectivity index (χ3n) is 3.50. The molecule has 0 bridgehead atoms. The van der Waals surface area contributed by atoms with E-state index in [0.29, 0.717) is 18.0 Å². The van der Waals surface area contributed by atoms with E-state index in [1.54, 1.807) is 37.3 Å². The van der Waals surface area contributed by atoms with Gasteiger partial charge in [0.25, 0.3) is 0 Å². The van der Waals surface area contributed by atoms with Crippen LogP contribution in [-0.2, 0) is 4.74 Å². The standard InChI is InChI=1S/C20H22N2O4/c1-4-13-22(18-12-7-6-9-15(18)3)20(24)26-17-11-8-10-16(14-17)21-19(23)25-5-2/h4,6-12,14H,1,5,13H2,2-3H3,(H,21,23). The molecule has 1 N–H and O–H groups in total. The number of benzene rings is 2. The van der Waals surface area contributed by atoms with Gasteiger partial charge >= 0.3 is 12.2 Å². The van der Waals surface area contributed by atoms with Crippen LogP contribution >= 0.6 is 0 Å². The van der Waals surface area contributed by atoms with Crippen molar-refractivity contribution in [1.29, 1.82) is 0 Å². The molecular formula is C20H22N2O4. The Balaban J connectivity index is 2.15. The van der Waals surface area contributed by atoms with Gasteiger partial charge in [-0.05, 0) is 37.6 Å². The summed E-state index contributed by atoms with van der Waals surface area (Å²) in [4.78, 5) is 25.6. The molecule has 0 aliphatic heterocycles. The first kappa shape index (κ1) is 19.1. The van der Waals surface area contributed by atoms with Crippen molar-refractivity contribution in [2.24, 2.45) is 0 Å². The van der Waals surface area contributed by atoms with E-state index in [-0.39, 0.29) is 6.61 Å². The number of aryl methyl sites for hydroxylation is 1. The highest BCUT2D eigenvalue weighted by Crippen LogP contribution is 2.23. The number of ether oxygens (including phenoxy) is 2. The van der Waals surface area contributed by atoms with Gasteiger partial charge < -0.3 is 9.47 Å². The van der Waals surface area contributed by atoms with Crippen LogP contribution in [0.2, 0.25) is 0 Å². The molecule has 0 radical (unpaired) electrons. The Morgan fingerprint density at radius 3 is 2.65 bits per heavy atom. The monoisotopic (exact) mass is 354 g/mol. The van der Waals surface area contributed by atoms with Crippen LogP contribution in [-0.4, -0.2) is 25.3 Å². The Morgan fingerprint density at radius 2 is 1.96 bits per heavy atom. The Bertz CT molecular complexity index is 789. The normalized spacial score (nSPS) is 9.92. The number of carbonyl (C=O) groups excluding carboxylic acids is 2. The smallest absolute Gasteiger partial charge is 0.420 e. The number of amides is 2. The zero-order chi connectivity index (χ0) is 18.9. The molecule has 2 amide bonds. The van der Waals surface area contributed by atoms with Gasteiger partial charge in [0.15, 0.2) is 0 Å². The molecule has 0 saturated carbocycles. The van der Waals surface area contributed by atoms with E-state index in [1.807, 2.05) is 31.2 Å². The lowest BCUT2D eigenvalue weighted by Crippen LogP contribution is -2.34. The molecule has 2 aromatic carbocycles. The van der Waals surface area contributed by atoms with Gasteiger partial charge in [0.1, 0.15) is 5.75 Å². The second-order valence-electron chi connectivity index (χ2n) is 5.43. The van der Waals surface area contributed by atoms with Crippen molar-refractivity contribution in [2.45, 2.75) is 13.8 Å². The molecule has 0 heterocycles. The average molecular weight is 354 g/mol. The lowest BCUT2D eigenvalue weighted by molar-refractivity contribution is 0.168. The largest absolute Gasteiger partial charge is 0.450 e. The van der Waals surface area contributed by atoms with Crippen molar-refractivity contribution in [3.05, 3.63) is 66.7 Å². The molecule has 0 saturated heterocycles. The van der Waals surface area contributed by atoms with Crippen LogP contribution in [0.15, 0.2) is 61.2 Å². The van der Waals surface area contributed by atoms with Crippen molar-refractivity contribution in [1.82, 2.24) is 0 Å². The van der Waals surface area contributed by atoms with E-state index in [0.717, 1.165) is 11.3 Å². The van der Waals surface area contributed by atoms with E-state index in [9.17, 15) is 9.59 Å². The minimum Gasteiger partial charge on any atom is -0.450 e. The van der Waals surface area contributed by atoms with Gasteiger partial charge in [-0.2, -0.15) is 0 Å². The first-order chi connectivity index (χ1) is 12.5. The number of nitrogens with one attached hydrogen (secondary N) is 1. The molecule has 6 nitrogen and oxygen atoms in total. The minimum atomic E-state index is -0.566. The van der Waals surface area contributed by atoms with Gasteiger partial charge in [-0.25, -0.2) is 9.59 Å². The fourth-order valence-electron chi connectivity index (χ4n) is 2.34. The highest BCUT2D eigenvalue weighted by atomic mass is 16.6. The average Bonchev–Trinajstić information content (AvgIpc) is 2.61. The van der Waals surface area contributed by atoms with Crippen LogP contribution in [0.1, 0.15) is 12.5 Å². The lowest BCUT2D eigenvalue weighted by atomic mass is 10.2. The Morgan fingerprint density at radius 1 is 1.19 bits per heavy atom. The van der Waals surface area contributed by atoms with Gasteiger partial charge in [0.05, 0.1) is 12.3 Å². The topological polar surface area (TPSA) is 67.9 Å². The summed E-state index contributed by atoms with van der Waals surface area (Å²) in [6.45, 7) is 7.92. The zero-order valence-electron chi connectivity index (χ0n) is 14.9. The number of carbonyl (C=O) groups is 2. The minimum absolute atomic E-state index is 0.271. The number of nitrogens with zero attached hydrogens (tertiary/aromatic N) is 1. The van der Waals surface area contributed by atoms with Gasteiger partial charge in [0, 0.05) is 18.3 Å². The molecule has 0 atom stereocenters. The number of anilines is 2. The second-order valence-corrected chi connectivity index (χ2v) is 5.43. The number of hydrogen-bond acceptors (Lipinski definition) is 4. The fourth-order valence-corrected chi connectivity index (χ4v) is 2.34.